The Morgan fingerprint density at radius 2 is 2.21 bits per heavy atom. The Kier molecular flexibility index (Phi) is 4.31. The number of amides is 1. The van der Waals surface area contributed by atoms with Gasteiger partial charge in [0, 0.05) is 0 Å². The van der Waals surface area contributed by atoms with E-state index in [0.29, 0.717) is 5.92 Å². The number of hydrogen-bond acceptors (Lipinski definition) is 4. The standard InChI is InChI=1S/C9H18N2O3/c1-6-2-3-10-8(6)9(14)11-7(4-12)5-13/h6-8,10,12-13H,2-5H2,1H3,(H,11,14). The predicted octanol–water partition coefficient (Wildman–Crippen LogP) is -1.55. The minimum absolute atomic E-state index is 0.136. The molecule has 0 saturated carbocycles. The van der Waals surface area contributed by atoms with Crippen LogP contribution in [0.25, 0.3) is 0 Å². The molecular formula is C9H18N2O3. The smallest absolute Gasteiger partial charge is 0.237 e. The van der Waals surface area contributed by atoms with E-state index >= 15 is 0 Å². The van der Waals surface area contributed by atoms with Crippen LogP contribution in [-0.2, 0) is 4.79 Å². The highest BCUT2D eigenvalue weighted by Crippen LogP contribution is 2.14. The van der Waals surface area contributed by atoms with Gasteiger partial charge in [0.05, 0.1) is 25.3 Å². The van der Waals surface area contributed by atoms with E-state index in [-0.39, 0.29) is 25.2 Å². The summed E-state index contributed by atoms with van der Waals surface area (Å²) >= 11 is 0. The Labute approximate surface area is 83.5 Å². The van der Waals surface area contributed by atoms with Gasteiger partial charge in [-0.2, -0.15) is 0 Å². The van der Waals surface area contributed by atoms with E-state index in [1.165, 1.54) is 0 Å². The molecule has 1 aliphatic heterocycles. The molecule has 0 aromatic carbocycles. The highest BCUT2D eigenvalue weighted by atomic mass is 16.3. The topological polar surface area (TPSA) is 81.6 Å². The summed E-state index contributed by atoms with van der Waals surface area (Å²) in [6.07, 6.45) is 0.987. The lowest BCUT2D eigenvalue weighted by Gasteiger charge is -2.19. The minimum Gasteiger partial charge on any atom is -0.394 e. The summed E-state index contributed by atoms with van der Waals surface area (Å²) in [6.45, 7) is 2.39. The minimum atomic E-state index is -0.544. The number of aliphatic hydroxyl groups is 2. The summed E-state index contributed by atoms with van der Waals surface area (Å²) in [5.41, 5.74) is 0. The largest absolute Gasteiger partial charge is 0.394 e. The van der Waals surface area contributed by atoms with Crippen LogP contribution >= 0.6 is 0 Å². The quantitative estimate of drug-likeness (QED) is 0.445. The van der Waals surface area contributed by atoms with E-state index in [4.69, 9.17) is 10.2 Å². The molecule has 5 nitrogen and oxygen atoms in total. The molecule has 1 amide bonds. The van der Waals surface area contributed by atoms with Gasteiger partial charge in [0.1, 0.15) is 0 Å². The van der Waals surface area contributed by atoms with E-state index in [1.54, 1.807) is 0 Å². The van der Waals surface area contributed by atoms with Crippen molar-refractivity contribution in [3.05, 3.63) is 0 Å². The lowest BCUT2D eigenvalue weighted by Crippen LogP contribution is -2.49. The molecule has 1 saturated heterocycles. The highest BCUT2D eigenvalue weighted by molar-refractivity contribution is 5.82. The molecule has 82 valence electrons. The Hall–Kier alpha value is -0.650. The maximum absolute atomic E-state index is 11.6. The average molecular weight is 202 g/mol. The van der Waals surface area contributed by atoms with Gasteiger partial charge in [-0.1, -0.05) is 6.92 Å². The van der Waals surface area contributed by atoms with E-state index in [9.17, 15) is 4.79 Å². The third-order valence-corrected chi connectivity index (χ3v) is 2.60. The summed E-state index contributed by atoms with van der Waals surface area (Å²) in [4.78, 5) is 11.6. The zero-order valence-corrected chi connectivity index (χ0v) is 8.36. The molecule has 0 aliphatic carbocycles. The molecule has 5 heteroatoms. The molecule has 14 heavy (non-hydrogen) atoms. The van der Waals surface area contributed by atoms with Crippen molar-refractivity contribution in [2.45, 2.75) is 25.4 Å². The van der Waals surface area contributed by atoms with Crippen LogP contribution in [-0.4, -0.2) is 48.0 Å². The normalized spacial score (nSPS) is 26.9. The number of carbonyl (C=O) groups is 1. The van der Waals surface area contributed by atoms with Gasteiger partial charge in [-0.3, -0.25) is 4.79 Å². The highest BCUT2D eigenvalue weighted by Gasteiger charge is 2.29. The first-order valence-corrected chi connectivity index (χ1v) is 4.94. The molecule has 1 fully saturated rings. The van der Waals surface area contributed by atoms with Crippen molar-refractivity contribution in [3.8, 4) is 0 Å². The van der Waals surface area contributed by atoms with Crippen molar-refractivity contribution in [2.24, 2.45) is 5.92 Å². The van der Waals surface area contributed by atoms with Gasteiger partial charge in [0.15, 0.2) is 0 Å². The van der Waals surface area contributed by atoms with Crippen LogP contribution in [0.2, 0.25) is 0 Å². The number of hydrogen-bond donors (Lipinski definition) is 4. The fourth-order valence-corrected chi connectivity index (χ4v) is 1.63. The maximum atomic E-state index is 11.6. The molecule has 2 atom stereocenters. The second-order valence-corrected chi connectivity index (χ2v) is 3.77. The number of nitrogens with one attached hydrogen (secondary N) is 2. The van der Waals surface area contributed by atoms with Crippen molar-refractivity contribution < 1.29 is 15.0 Å². The molecule has 1 rings (SSSR count). The lowest BCUT2D eigenvalue weighted by molar-refractivity contribution is -0.124. The Morgan fingerprint density at radius 1 is 1.57 bits per heavy atom. The van der Waals surface area contributed by atoms with Crippen molar-refractivity contribution >= 4 is 5.91 Å². The van der Waals surface area contributed by atoms with Crippen molar-refractivity contribution in [1.29, 1.82) is 0 Å². The monoisotopic (exact) mass is 202 g/mol. The summed E-state index contributed by atoms with van der Waals surface area (Å²) in [7, 11) is 0. The van der Waals surface area contributed by atoms with E-state index < -0.39 is 6.04 Å². The summed E-state index contributed by atoms with van der Waals surface area (Å²) in [5, 5.41) is 23.2. The third-order valence-electron chi connectivity index (χ3n) is 2.60. The third kappa shape index (κ3) is 2.67. The Morgan fingerprint density at radius 3 is 2.64 bits per heavy atom. The molecular weight excluding hydrogens is 184 g/mol. The van der Waals surface area contributed by atoms with Crippen LogP contribution in [0.15, 0.2) is 0 Å². The van der Waals surface area contributed by atoms with Crippen LogP contribution in [0.5, 0.6) is 0 Å². The van der Waals surface area contributed by atoms with Crippen LogP contribution in [0, 0.1) is 5.92 Å². The van der Waals surface area contributed by atoms with Gasteiger partial charge >= 0.3 is 0 Å². The first kappa shape index (κ1) is 11.4. The zero-order valence-electron chi connectivity index (χ0n) is 8.36. The lowest BCUT2D eigenvalue weighted by atomic mass is 10.0. The maximum Gasteiger partial charge on any atom is 0.237 e. The van der Waals surface area contributed by atoms with Gasteiger partial charge in [-0.15, -0.1) is 0 Å². The van der Waals surface area contributed by atoms with Crippen LogP contribution in [0.4, 0.5) is 0 Å². The van der Waals surface area contributed by atoms with Crippen LogP contribution in [0.3, 0.4) is 0 Å². The second-order valence-electron chi connectivity index (χ2n) is 3.77. The molecule has 0 aromatic heterocycles. The van der Waals surface area contributed by atoms with Gasteiger partial charge < -0.3 is 20.8 Å². The summed E-state index contributed by atoms with van der Waals surface area (Å²) in [6, 6.07) is -0.729. The Bertz CT molecular complexity index is 194. The van der Waals surface area contributed by atoms with E-state index in [0.717, 1.165) is 13.0 Å². The molecule has 4 N–H and O–H groups in total. The molecule has 2 unspecified atom stereocenters. The van der Waals surface area contributed by atoms with Crippen molar-refractivity contribution in [2.75, 3.05) is 19.8 Å². The van der Waals surface area contributed by atoms with Gasteiger partial charge in [0.2, 0.25) is 5.91 Å². The molecule has 0 bridgehead atoms. The van der Waals surface area contributed by atoms with Crippen LogP contribution < -0.4 is 10.6 Å². The fourth-order valence-electron chi connectivity index (χ4n) is 1.63. The molecule has 0 aromatic rings. The van der Waals surface area contributed by atoms with Gasteiger partial charge in [-0.25, -0.2) is 0 Å². The molecule has 0 spiro atoms. The molecule has 1 aliphatic rings. The zero-order chi connectivity index (χ0) is 10.6. The first-order chi connectivity index (χ1) is 6.69. The first-order valence-electron chi connectivity index (χ1n) is 4.94. The molecule has 0 radical (unpaired) electrons. The van der Waals surface area contributed by atoms with Crippen molar-refractivity contribution in [1.82, 2.24) is 10.6 Å². The number of rotatable bonds is 4. The van der Waals surface area contributed by atoms with E-state index in [2.05, 4.69) is 10.6 Å². The summed E-state index contributed by atoms with van der Waals surface area (Å²) < 4.78 is 0. The predicted molar refractivity (Wildman–Crippen MR) is 51.7 cm³/mol. The number of carbonyl (C=O) groups excluding carboxylic acids is 1. The Balaban J connectivity index is 2.40. The molecule has 1 heterocycles. The van der Waals surface area contributed by atoms with Gasteiger partial charge in [0.25, 0.3) is 0 Å². The van der Waals surface area contributed by atoms with E-state index in [1.807, 2.05) is 6.92 Å². The SMILES string of the molecule is CC1CCNC1C(=O)NC(CO)CO. The van der Waals surface area contributed by atoms with Crippen LogP contribution in [0.1, 0.15) is 13.3 Å². The number of aliphatic hydroxyl groups excluding tert-OH is 2. The fraction of sp³-hybridized carbons (Fsp3) is 0.889. The summed E-state index contributed by atoms with van der Waals surface area (Å²) in [5.74, 6) is 0.177. The van der Waals surface area contributed by atoms with Crippen molar-refractivity contribution in [3.63, 3.8) is 0 Å². The average Bonchev–Trinajstić information content (AvgIpc) is 2.60. The second kappa shape index (κ2) is 5.29. The van der Waals surface area contributed by atoms with Gasteiger partial charge in [-0.05, 0) is 18.9 Å².